The minimum absolute atomic E-state index is 0.000378. The van der Waals surface area contributed by atoms with Gasteiger partial charge in [-0.25, -0.2) is 4.79 Å². The second-order valence-electron chi connectivity index (χ2n) is 7.51. The van der Waals surface area contributed by atoms with Gasteiger partial charge in [0.15, 0.2) is 0 Å². The number of carbonyl (C=O) groups excluding carboxylic acids is 1. The number of hydrogen-bond acceptors (Lipinski definition) is 3. The van der Waals surface area contributed by atoms with Gasteiger partial charge < -0.3 is 15.1 Å². The Kier molecular flexibility index (Phi) is 4.39. The molecule has 0 bridgehead atoms. The van der Waals surface area contributed by atoms with E-state index in [0.29, 0.717) is 6.54 Å². The van der Waals surface area contributed by atoms with Gasteiger partial charge in [-0.3, -0.25) is 4.68 Å². The minimum Gasteiger partial charge on any atom is -0.466 e. The minimum atomic E-state index is -0.133. The van der Waals surface area contributed by atoms with Crippen LogP contribution < -0.4 is 10.6 Å². The van der Waals surface area contributed by atoms with E-state index in [1.54, 1.807) is 4.68 Å². The Morgan fingerprint density at radius 2 is 2.29 bits per heavy atom. The summed E-state index contributed by atoms with van der Waals surface area (Å²) in [6.07, 6.45) is 6.38. The normalized spacial score (nSPS) is 18.9. The van der Waals surface area contributed by atoms with Crippen molar-refractivity contribution in [3.63, 3.8) is 0 Å². The van der Waals surface area contributed by atoms with Crippen molar-refractivity contribution in [3.05, 3.63) is 41.1 Å². The zero-order valence-corrected chi connectivity index (χ0v) is 14.8. The summed E-state index contributed by atoms with van der Waals surface area (Å²) in [6.45, 7) is 6.97. The molecule has 3 rings (SSSR count). The fraction of sp³-hybridized carbons (Fsp3) is 0.556. The Labute approximate surface area is 142 Å². The number of furan rings is 1. The predicted molar refractivity (Wildman–Crippen MR) is 91.7 cm³/mol. The molecule has 0 spiro atoms. The van der Waals surface area contributed by atoms with E-state index in [0.717, 1.165) is 41.9 Å². The van der Waals surface area contributed by atoms with Gasteiger partial charge in [0.1, 0.15) is 11.5 Å². The van der Waals surface area contributed by atoms with E-state index in [-0.39, 0.29) is 17.5 Å². The van der Waals surface area contributed by atoms with Gasteiger partial charge in [-0.15, -0.1) is 0 Å². The van der Waals surface area contributed by atoms with Crippen molar-refractivity contribution in [2.75, 3.05) is 6.54 Å². The number of amides is 2. The summed E-state index contributed by atoms with van der Waals surface area (Å²) in [6, 6.07) is 1.91. The predicted octanol–water partition coefficient (Wildman–Crippen LogP) is 2.88. The third-order valence-corrected chi connectivity index (χ3v) is 4.50. The first kappa shape index (κ1) is 16.6. The molecule has 2 aromatic rings. The molecule has 2 N–H and O–H groups in total. The first-order valence-corrected chi connectivity index (χ1v) is 8.43. The van der Waals surface area contributed by atoms with Gasteiger partial charge in [-0.2, -0.15) is 5.10 Å². The third kappa shape index (κ3) is 3.80. The number of aromatic nitrogens is 2. The van der Waals surface area contributed by atoms with Gasteiger partial charge in [-0.05, 0) is 36.8 Å². The number of aryl methyl sites for hydroxylation is 2. The molecule has 0 saturated carbocycles. The molecule has 1 atom stereocenters. The summed E-state index contributed by atoms with van der Waals surface area (Å²) in [5.74, 6) is 1.91. The molecular weight excluding hydrogens is 304 g/mol. The Bertz CT molecular complexity index is 729. The summed E-state index contributed by atoms with van der Waals surface area (Å²) >= 11 is 0. The van der Waals surface area contributed by atoms with E-state index < -0.39 is 0 Å². The molecule has 0 aromatic carbocycles. The van der Waals surface area contributed by atoms with Gasteiger partial charge in [-0.1, -0.05) is 13.8 Å². The topological polar surface area (TPSA) is 72.1 Å². The molecule has 1 aliphatic carbocycles. The van der Waals surface area contributed by atoms with E-state index in [4.69, 9.17) is 4.42 Å². The zero-order chi connectivity index (χ0) is 17.3. The summed E-state index contributed by atoms with van der Waals surface area (Å²) in [5, 5.41) is 10.2. The molecule has 2 heterocycles. The number of fused-ring (bicyclic) bond motifs is 1. The highest BCUT2D eigenvalue weighted by atomic mass is 16.3. The molecule has 0 aliphatic heterocycles. The summed E-state index contributed by atoms with van der Waals surface area (Å²) in [4.78, 5) is 12.3. The molecule has 2 aromatic heterocycles. The summed E-state index contributed by atoms with van der Waals surface area (Å²) in [5.41, 5.74) is 2.35. The van der Waals surface area contributed by atoms with E-state index in [1.807, 2.05) is 32.4 Å². The smallest absolute Gasteiger partial charge is 0.315 e. The van der Waals surface area contributed by atoms with Crippen molar-refractivity contribution in [2.45, 2.75) is 46.1 Å². The Morgan fingerprint density at radius 3 is 3.00 bits per heavy atom. The highest BCUT2D eigenvalue weighted by Crippen LogP contribution is 2.41. The van der Waals surface area contributed by atoms with Gasteiger partial charge in [0.2, 0.25) is 0 Å². The number of urea groups is 1. The number of rotatable bonds is 4. The van der Waals surface area contributed by atoms with Crippen molar-refractivity contribution in [2.24, 2.45) is 12.5 Å². The first-order chi connectivity index (χ1) is 11.3. The lowest BCUT2D eigenvalue weighted by Crippen LogP contribution is -2.42. The van der Waals surface area contributed by atoms with Crippen molar-refractivity contribution >= 4 is 6.03 Å². The van der Waals surface area contributed by atoms with Crippen LogP contribution in [0.5, 0.6) is 0 Å². The van der Waals surface area contributed by atoms with Crippen LogP contribution in [0, 0.1) is 12.3 Å². The molecule has 0 saturated heterocycles. The number of carbonyl (C=O) groups is 1. The molecule has 24 heavy (non-hydrogen) atoms. The van der Waals surface area contributed by atoms with Crippen molar-refractivity contribution < 1.29 is 9.21 Å². The largest absolute Gasteiger partial charge is 0.466 e. The highest BCUT2D eigenvalue weighted by molar-refractivity contribution is 5.74. The molecule has 1 aliphatic rings. The highest BCUT2D eigenvalue weighted by Gasteiger charge is 2.35. The maximum atomic E-state index is 12.3. The monoisotopic (exact) mass is 330 g/mol. The van der Waals surface area contributed by atoms with Gasteiger partial charge in [0.05, 0.1) is 12.2 Å². The van der Waals surface area contributed by atoms with Crippen LogP contribution in [0.15, 0.2) is 22.9 Å². The lowest BCUT2D eigenvalue weighted by molar-refractivity contribution is 0.214. The third-order valence-electron chi connectivity index (χ3n) is 4.50. The molecule has 0 unspecified atom stereocenters. The molecule has 6 nitrogen and oxygen atoms in total. The number of nitrogens with zero attached hydrogens (tertiary/aromatic N) is 2. The van der Waals surface area contributed by atoms with Crippen LogP contribution in [-0.2, 0) is 19.9 Å². The Morgan fingerprint density at radius 1 is 1.50 bits per heavy atom. The van der Waals surface area contributed by atoms with Crippen LogP contribution in [0.3, 0.4) is 0 Å². The zero-order valence-electron chi connectivity index (χ0n) is 14.8. The maximum Gasteiger partial charge on any atom is 0.315 e. The van der Waals surface area contributed by atoms with Crippen LogP contribution in [0.1, 0.15) is 49.0 Å². The molecule has 0 fully saturated rings. The van der Waals surface area contributed by atoms with Crippen LogP contribution >= 0.6 is 0 Å². The number of hydrogen-bond donors (Lipinski definition) is 2. The van der Waals surface area contributed by atoms with E-state index in [9.17, 15) is 4.79 Å². The fourth-order valence-corrected chi connectivity index (χ4v) is 3.44. The molecule has 2 amide bonds. The van der Waals surface area contributed by atoms with Crippen LogP contribution in [0.4, 0.5) is 4.79 Å². The quantitative estimate of drug-likeness (QED) is 0.905. The SMILES string of the molecule is Cc1cc2c(o1)CC(C)(C)C[C@@H]2NC(=O)NCCc1cnn(C)c1. The van der Waals surface area contributed by atoms with Crippen molar-refractivity contribution in [1.82, 2.24) is 20.4 Å². The van der Waals surface area contributed by atoms with E-state index >= 15 is 0 Å². The number of nitrogens with one attached hydrogen (secondary N) is 2. The fourth-order valence-electron chi connectivity index (χ4n) is 3.44. The van der Waals surface area contributed by atoms with E-state index in [2.05, 4.69) is 29.6 Å². The standard InChI is InChI=1S/C18H26N4O2/c1-12-7-14-15(8-18(2,3)9-16(14)24-12)21-17(23)19-6-5-13-10-20-22(4)11-13/h7,10-11,15H,5-6,8-9H2,1-4H3,(H2,19,21,23)/t15-/m0/s1. The second-order valence-corrected chi connectivity index (χ2v) is 7.51. The van der Waals surface area contributed by atoms with Crippen LogP contribution in [-0.4, -0.2) is 22.4 Å². The van der Waals surface area contributed by atoms with Crippen LogP contribution in [0.2, 0.25) is 0 Å². The van der Waals surface area contributed by atoms with Crippen molar-refractivity contribution in [1.29, 1.82) is 0 Å². The molecular formula is C18H26N4O2. The average molecular weight is 330 g/mol. The molecule has 6 heteroatoms. The van der Waals surface area contributed by atoms with Crippen LogP contribution in [0.25, 0.3) is 0 Å². The molecule has 130 valence electrons. The van der Waals surface area contributed by atoms with Gasteiger partial charge in [0, 0.05) is 31.8 Å². The van der Waals surface area contributed by atoms with Gasteiger partial charge in [0.25, 0.3) is 0 Å². The lowest BCUT2D eigenvalue weighted by atomic mass is 9.75. The molecule has 0 radical (unpaired) electrons. The second kappa shape index (κ2) is 6.34. The van der Waals surface area contributed by atoms with E-state index in [1.165, 1.54) is 0 Å². The Balaban J connectivity index is 1.57. The first-order valence-electron chi connectivity index (χ1n) is 8.43. The average Bonchev–Trinajstić information content (AvgIpc) is 3.03. The van der Waals surface area contributed by atoms with Gasteiger partial charge >= 0.3 is 6.03 Å². The summed E-state index contributed by atoms with van der Waals surface area (Å²) in [7, 11) is 1.89. The summed E-state index contributed by atoms with van der Waals surface area (Å²) < 4.78 is 7.58. The van der Waals surface area contributed by atoms with Crippen molar-refractivity contribution in [3.8, 4) is 0 Å². The maximum absolute atomic E-state index is 12.3. The Hall–Kier alpha value is -2.24. The lowest BCUT2D eigenvalue weighted by Gasteiger charge is -2.34.